The SMILES string of the molecule is CN(C(=O)OC(C)(C)C)[C@@H]1[C@@H](O)[C@@H](O[C@@H]2[C@@H](O)[C@H](C3OC(CNC[C@H]4C[C@H](NC(=O)OC(C)(C)C)C4)=CC[C@H]3NC(=O)OC(C)(C)C)[C@@H](NC(=O)OC(C)(C)C)C[C@H]2NC(=O)C(O)C2CN(C(=O)OC(C)(C)C)C2)OC[C@]1(C)O. The zero-order valence-corrected chi connectivity index (χ0v) is 49.4. The predicted molar refractivity (Wildman–Crippen MR) is 285 cm³/mol. The van der Waals surface area contributed by atoms with Gasteiger partial charge in [-0.3, -0.25) is 4.79 Å². The molecule has 2 unspecified atom stereocenters. The Kier molecular flexibility index (Phi) is 20.6. The summed E-state index contributed by atoms with van der Waals surface area (Å²) in [5.74, 6) is -2.25. The number of aliphatic hydroxyl groups is 4. The lowest BCUT2D eigenvalue weighted by molar-refractivity contribution is -0.306. The Hall–Kier alpha value is -4.92. The van der Waals surface area contributed by atoms with Crippen LogP contribution in [0.4, 0.5) is 24.0 Å². The topological polar surface area (TPSA) is 324 Å². The van der Waals surface area contributed by atoms with E-state index in [9.17, 15) is 49.2 Å². The van der Waals surface area contributed by atoms with Crippen LogP contribution in [0.25, 0.3) is 0 Å². The van der Waals surface area contributed by atoms with Crippen molar-refractivity contribution in [3.8, 4) is 0 Å². The Morgan fingerprint density at radius 3 is 1.77 bits per heavy atom. The van der Waals surface area contributed by atoms with Gasteiger partial charge in [0.25, 0.3) is 0 Å². The molecule has 79 heavy (non-hydrogen) atoms. The summed E-state index contributed by atoms with van der Waals surface area (Å²) in [4.78, 5) is 82.8. The van der Waals surface area contributed by atoms with Crippen LogP contribution in [0.3, 0.4) is 0 Å². The minimum Gasteiger partial charge on any atom is -0.491 e. The minimum atomic E-state index is -1.88. The number of nitrogens with zero attached hydrogens (tertiary/aromatic N) is 2. The van der Waals surface area contributed by atoms with Gasteiger partial charge in [-0.15, -0.1) is 0 Å². The summed E-state index contributed by atoms with van der Waals surface area (Å²) in [5.41, 5.74) is -6.18. The highest BCUT2D eigenvalue weighted by Gasteiger charge is 2.57. The van der Waals surface area contributed by atoms with Gasteiger partial charge in [-0.2, -0.15) is 0 Å². The number of alkyl carbamates (subject to hydrolysis) is 3. The highest BCUT2D eigenvalue weighted by molar-refractivity contribution is 5.82. The van der Waals surface area contributed by atoms with E-state index in [4.69, 9.17) is 37.9 Å². The van der Waals surface area contributed by atoms with Gasteiger partial charge in [0.2, 0.25) is 5.91 Å². The number of aliphatic hydroxyl groups excluding tert-OH is 3. The smallest absolute Gasteiger partial charge is 0.410 e. The second kappa shape index (κ2) is 25.1. The van der Waals surface area contributed by atoms with Gasteiger partial charge in [-0.25, -0.2) is 24.0 Å². The number of amides is 6. The second-order valence-electron chi connectivity index (χ2n) is 27.0. The molecule has 5 aliphatic rings. The number of likely N-dealkylation sites (tertiary alicyclic amines) is 1. The molecule has 5 rings (SSSR count). The lowest BCUT2D eigenvalue weighted by Crippen LogP contribution is -2.71. The number of hydrogen-bond donors (Lipinski definition) is 9. The molecule has 4 fully saturated rings. The van der Waals surface area contributed by atoms with Crippen molar-refractivity contribution >= 4 is 36.4 Å². The van der Waals surface area contributed by atoms with Crippen LogP contribution in [0.2, 0.25) is 0 Å². The van der Waals surface area contributed by atoms with Crippen molar-refractivity contribution in [3.63, 3.8) is 0 Å². The first-order chi connectivity index (χ1) is 36.1. The molecule has 2 aliphatic carbocycles. The lowest BCUT2D eigenvalue weighted by Gasteiger charge is -2.52. The maximum atomic E-state index is 14.3. The fourth-order valence-electron chi connectivity index (χ4n) is 10.3. The maximum Gasteiger partial charge on any atom is 0.410 e. The van der Waals surface area contributed by atoms with Crippen LogP contribution in [0.5, 0.6) is 0 Å². The zero-order valence-electron chi connectivity index (χ0n) is 49.4. The molecule has 2 saturated carbocycles. The van der Waals surface area contributed by atoms with Crippen LogP contribution < -0.4 is 26.6 Å². The van der Waals surface area contributed by atoms with Gasteiger partial charge < -0.3 is 94.7 Å². The molecule has 12 atom stereocenters. The highest BCUT2D eigenvalue weighted by Crippen LogP contribution is 2.39. The summed E-state index contributed by atoms with van der Waals surface area (Å²) >= 11 is 0. The molecule has 3 aliphatic heterocycles. The summed E-state index contributed by atoms with van der Waals surface area (Å²) in [6, 6.07) is -4.89. The van der Waals surface area contributed by atoms with Gasteiger partial charge in [0, 0.05) is 44.1 Å². The van der Waals surface area contributed by atoms with Gasteiger partial charge in [-0.05, 0) is 155 Å². The molecule has 2 saturated heterocycles. The number of nitrogens with one attached hydrogen (secondary N) is 5. The molecule has 0 aromatic rings. The summed E-state index contributed by atoms with van der Waals surface area (Å²) in [7, 11) is 1.33. The van der Waals surface area contributed by atoms with Crippen LogP contribution in [0.15, 0.2) is 11.8 Å². The average molecular weight is 1130 g/mol. The Morgan fingerprint density at radius 2 is 1.24 bits per heavy atom. The van der Waals surface area contributed by atoms with Crippen molar-refractivity contribution in [2.45, 2.75) is 237 Å². The highest BCUT2D eigenvalue weighted by atomic mass is 16.7. The number of rotatable bonds is 14. The van der Waals surface area contributed by atoms with Crippen molar-refractivity contribution < 1.29 is 87.1 Å². The first-order valence-electron chi connectivity index (χ1n) is 27.4. The Balaban J connectivity index is 1.50. The number of hydrogen-bond acceptors (Lipinski definition) is 19. The van der Waals surface area contributed by atoms with E-state index in [2.05, 4.69) is 26.6 Å². The van der Waals surface area contributed by atoms with Crippen molar-refractivity contribution in [1.29, 1.82) is 0 Å². The molecule has 0 radical (unpaired) electrons. The average Bonchev–Trinajstić information content (AvgIpc) is 3.21. The van der Waals surface area contributed by atoms with E-state index >= 15 is 0 Å². The van der Waals surface area contributed by atoms with Crippen molar-refractivity contribution in [3.05, 3.63) is 11.8 Å². The molecular weight excluding hydrogens is 1030 g/mol. The van der Waals surface area contributed by atoms with E-state index in [0.29, 0.717) is 25.1 Å². The van der Waals surface area contributed by atoms with E-state index in [1.165, 1.54) is 18.9 Å². The predicted octanol–water partition coefficient (Wildman–Crippen LogP) is 3.52. The Morgan fingerprint density at radius 1 is 0.722 bits per heavy atom. The van der Waals surface area contributed by atoms with E-state index in [-0.39, 0.29) is 44.4 Å². The molecule has 0 aromatic heterocycles. The second-order valence-corrected chi connectivity index (χ2v) is 27.0. The van der Waals surface area contributed by atoms with Crippen molar-refractivity contribution in [1.82, 2.24) is 36.4 Å². The van der Waals surface area contributed by atoms with E-state index in [1.807, 2.05) is 0 Å². The lowest BCUT2D eigenvalue weighted by atomic mass is 9.72. The summed E-state index contributed by atoms with van der Waals surface area (Å²) < 4.78 is 47.2. The van der Waals surface area contributed by atoms with Gasteiger partial charge in [0.1, 0.15) is 63.8 Å². The summed E-state index contributed by atoms with van der Waals surface area (Å²) in [6.07, 6.45) is -10.4. The van der Waals surface area contributed by atoms with E-state index in [0.717, 1.165) is 4.90 Å². The summed E-state index contributed by atoms with van der Waals surface area (Å²) in [6.45, 7) is 27.1. The molecule has 0 bridgehead atoms. The normalized spacial score (nSPS) is 31.1. The molecule has 3 heterocycles. The van der Waals surface area contributed by atoms with Crippen LogP contribution in [0.1, 0.15) is 136 Å². The number of ether oxygens (including phenoxy) is 8. The standard InChI is InChI=1S/C54H93N7O18/c1-49(2,3)75-44(66)56-30-20-28(21-30)23-55-24-31-18-19-32(58-45(67)76-50(4,5)6)39(73-31)35-33(59-46(68)77-51(7,8)9)22-34(57-42(65)36(62)29-25-61(26-29)48(70)79-53(13,14)15)40(37(35)63)74-43-38(64)41(54(16,71)27-72-43)60(17)47(69)78-52(10,11)12/h18,28-30,32-41,43,55,62-64,71H,19-27H2,1-17H3,(H,56,66)(H,57,65)(H,58,67)(H,59,68)/t28-,30-,32-,33+,34-,35-,36?,37+,38-,39?,40+,41-,43-,54+/m1/s1. The van der Waals surface area contributed by atoms with Crippen LogP contribution in [-0.4, -0.2) is 207 Å². The molecule has 452 valence electrons. The Labute approximate surface area is 465 Å². The number of carbonyl (C=O) groups excluding carboxylic acids is 6. The maximum absolute atomic E-state index is 14.3. The third-order valence-electron chi connectivity index (χ3n) is 13.6. The third-order valence-corrected chi connectivity index (χ3v) is 13.6. The largest absolute Gasteiger partial charge is 0.491 e. The van der Waals surface area contributed by atoms with Crippen LogP contribution in [0, 0.1) is 17.8 Å². The van der Waals surface area contributed by atoms with E-state index in [1.54, 1.807) is 110 Å². The fraction of sp³-hybridized carbons (Fsp3) is 0.852. The van der Waals surface area contributed by atoms with Crippen molar-refractivity contribution in [2.24, 2.45) is 17.8 Å². The third kappa shape index (κ3) is 19.1. The molecule has 9 N–H and O–H groups in total. The van der Waals surface area contributed by atoms with Gasteiger partial charge in [0.15, 0.2) is 6.29 Å². The van der Waals surface area contributed by atoms with Gasteiger partial charge >= 0.3 is 30.5 Å². The molecular formula is C54H93N7O18. The monoisotopic (exact) mass is 1130 g/mol. The Bertz CT molecular complexity index is 2170. The molecule has 0 spiro atoms. The molecule has 25 nitrogen and oxygen atoms in total. The van der Waals surface area contributed by atoms with Gasteiger partial charge in [0.05, 0.1) is 37.4 Å². The quantitative estimate of drug-likeness (QED) is 0.112. The number of likely N-dealkylation sites (N-methyl/N-ethyl adjacent to an activating group) is 1. The molecule has 0 aromatic carbocycles. The number of carbonyl (C=O) groups is 6. The first-order valence-corrected chi connectivity index (χ1v) is 27.4. The minimum absolute atomic E-state index is 0.0154. The van der Waals surface area contributed by atoms with Crippen molar-refractivity contribution in [2.75, 3.05) is 39.8 Å². The summed E-state index contributed by atoms with van der Waals surface area (Å²) in [5, 5.41) is 63.2. The molecule has 25 heteroatoms. The zero-order chi connectivity index (χ0) is 59.5. The fourth-order valence-corrected chi connectivity index (χ4v) is 10.3. The van der Waals surface area contributed by atoms with Crippen LogP contribution in [-0.2, 0) is 42.7 Å². The molecule has 6 amide bonds. The first kappa shape index (κ1) is 64.9. The van der Waals surface area contributed by atoms with E-state index < -0.39 is 149 Å². The van der Waals surface area contributed by atoms with Gasteiger partial charge in [-0.1, -0.05) is 0 Å². The van der Waals surface area contributed by atoms with Crippen LogP contribution >= 0.6 is 0 Å².